The van der Waals surface area contributed by atoms with E-state index in [1.54, 1.807) is 25.1 Å². The summed E-state index contributed by atoms with van der Waals surface area (Å²) in [4.78, 5) is 0. The molecule has 0 fully saturated rings. The van der Waals surface area contributed by atoms with Crippen LogP contribution < -0.4 is 10.5 Å². The minimum atomic E-state index is -0.215. The molecule has 0 aromatic heterocycles. The second-order valence-corrected chi connectivity index (χ2v) is 4.11. The summed E-state index contributed by atoms with van der Waals surface area (Å²) in [6, 6.07) is 4.97. The second-order valence-electron chi connectivity index (χ2n) is 3.30. The van der Waals surface area contributed by atoms with E-state index in [1.807, 2.05) is 0 Å². The van der Waals surface area contributed by atoms with Crippen molar-refractivity contribution in [1.29, 1.82) is 0 Å². The largest absolute Gasteiger partial charge is 0.490 e. The molecule has 0 aliphatic heterocycles. The third kappa shape index (κ3) is 3.79. The molecule has 0 heterocycles. The first-order valence-electron chi connectivity index (χ1n) is 4.61. The van der Waals surface area contributed by atoms with Gasteiger partial charge in [-0.1, -0.05) is 28.4 Å². The summed E-state index contributed by atoms with van der Waals surface area (Å²) < 4.78 is 5.51. The summed E-state index contributed by atoms with van der Waals surface area (Å²) in [5.74, 6) is 0.709. The molecule has 0 aliphatic rings. The Morgan fingerprint density at radius 1 is 1.50 bits per heavy atom. The molecule has 3 N–H and O–H groups in total. The smallest absolute Gasteiger partial charge is 0.142 e. The van der Waals surface area contributed by atoms with Crippen LogP contribution in [0.15, 0.2) is 23.4 Å². The van der Waals surface area contributed by atoms with Crippen LogP contribution in [-0.2, 0) is 0 Å². The minimum Gasteiger partial charge on any atom is -0.490 e. The molecule has 0 saturated heterocycles. The van der Waals surface area contributed by atoms with E-state index in [4.69, 9.17) is 38.9 Å². The zero-order valence-electron chi connectivity index (χ0n) is 8.65. The Kier molecular flexibility index (Phi) is 4.71. The maximum atomic E-state index is 8.40. The summed E-state index contributed by atoms with van der Waals surface area (Å²) >= 11 is 11.6. The number of ether oxygens (including phenoxy) is 1. The van der Waals surface area contributed by atoms with Gasteiger partial charge in [0, 0.05) is 12.5 Å². The van der Waals surface area contributed by atoms with E-state index in [0.29, 0.717) is 22.2 Å². The van der Waals surface area contributed by atoms with Crippen LogP contribution in [0.5, 0.6) is 5.75 Å². The quantitative estimate of drug-likeness (QED) is 0.380. The van der Waals surface area contributed by atoms with E-state index in [-0.39, 0.29) is 11.9 Å². The molecule has 1 aromatic carbocycles. The van der Waals surface area contributed by atoms with Gasteiger partial charge in [0.15, 0.2) is 0 Å². The number of halogens is 2. The van der Waals surface area contributed by atoms with Crippen LogP contribution in [0.4, 0.5) is 0 Å². The molecule has 1 atom stereocenters. The molecule has 0 saturated carbocycles. The van der Waals surface area contributed by atoms with Gasteiger partial charge < -0.3 is 15.7 Å². The van der Waals surface area contributed by atoms with Crippen LogP contribution in [0.2, 0.25) is 10.0 Å². The monoisotopic (exact) mass is 262 g/mol. The maximum absolute atomic E-state index is 8.40. The van der Waals surface area contributed by atoms with E-state index in [2.05, 4.69) is 5.16 Å². The van der Waals surface area contributed by atoms with Crippen molar-refractivity contribution in [1.82, 2.24) is 0 Å². The molecule has 0 aliphatic carbocycles. The number of nitrogens with zero attached hydrogens (tertiary/aromatic N) is 1. The second kappa shape index (κ2) is 5.82. The summed E-state index contributed by atoms with van der Waals surface area (Å²) in [6.45, 7) is 1.81. The van der Waals surface area contributed by atoms with E-state index in [9.17, 15) is 0 Å². The van der Waals surface area contributed by atoms with Gasteiger partial charge in [0.2, 0.25) is 0 Å². The number of oxime groups is 1. The molecule has 1 unspecified atom stereocenters. The van der Waals surface area contributed by atoms with Gasteiger partial charge >= 0.3 is 0 Å². The number of hydrogen-bond donors (Lipinski definition) is 2. The van der Waals surface area contributed by atoms with Gasteiger partial charge in [-0.25, -0.2) is 0 Å². The Labute approximate surface area is 104 Å². The molecular formula is C10H12Cl2N2O2. The van der Waals surface area contributed by atoms with E-state index in [1.165, 1.54) is 0 Å². The molecule has 88 valence electrons. The summed E-state index contributed by atoms with van der Waals surface area (Å²) in [6.07, 6.45) is 0.115. The molecule has 0 bridgehead atoms. The van der Waals surface area contributed by atoms with Crippen molar-refractivity contribution >= 4 is 29.0 Å². The van der Waals surface area contributed by atoms with Gasteiger partial charge in [0.05, 0.1) is 10.0 Å². The Morgan fingerprint density at radius 3 is 2.75 bits per heavy atom. The van der Waals surface area contributed by atoms with Gasteiger partial charge in [0.1, 0.15) is 17.7 Å². The van der Waals surface area contributed by atoms with Crippen molar-refractivity contribution in [3.05, 3.63) is 28.2 Å². The number of hydrogen-bond acceptors (Lipinski definition) is 3. The fourth-order valence-electron chi connectivity index (χ4n) is 1.16. The number of rotatable bonds is 4. The first-order chi connectivity index (χ1) is 7.52. The van der Waals surface area contributed by atoms with E-state index in [0.717, 1.165) is 0 Å². The van der Waals surface area contributed by atoms with Crippen molar-refractivity contribution in [2.24, 2.45) is 10.9 Å². The molecule has 6 heteroatoms. The summed E-state index contributed by atoms with van der Waals surface area (Å²) in [5.41, 5.74) is 5.35. The van der Waals surface area contributed by atoms with E-state index < -0.39 is 0 Å². The average Bonchev–Trinajstić information content (AvgIpc) is 2.23. The molecular weight excluding hydrogens is 251 g/mol. The van der Waals surface area contributed by atoms with Crippen LogP contribution in [0.25, 0.3) is 0 Å². The van der Waals surface area contributed by atoms with Crippen LogP contribution in [0, 0.1) is 0 Å². The third-order valence-corrected chi connectivity index (χ3v) is 2.59. The van der Waals surface area contributed by atoms with Crippen LogP contribution in [-0.4, -0.2) is 17.1 Å². The highest BCUT2D eigenvalue weighted by Crippen LogP contribution is 2.27. The SMILES string of the molecule is CC(C/C(N)=N/O)Oc1ccc(Cl)c(Cl)c1. The van der Waals surface area contributed by atoms with Crippen LogP contribution in [0.1, 0.15) is 13.3 Å². The standard InChI is InChI=1S/C10H12Cl2N2O2/c1-6(4-10(13)14-15)16-7-2-3-8(11)9(12)5-7/h2-3,5-6,15H,4H2,1H3,(H2,13,14). The van der Waals surface area contributed by atoms with Gasteiger partial charge in [-0.3, -0.25) is 0 Å². The molecule has 1 rings (SSSR count). The van der Waals surface area contributed by atoms with Crippen molar-refractivity contribution in [2.75, 3.05) is 0 Å². The zero-order valence-corrected chi connectivity index (χ0v) is 10.2. The molecule has 0 amide bonds. The summed E-state index contributed by atoms with van der Waals surface area (Å²) in [7, 11) is 0. The topological polar surface area (TPSA) is 67.8 Å². The molecule has 0 radical (unpaired) electrons. The predicted molar refractivity (Wildman–Crippen MR) is 64.6 cm³/mol. The fraction of sp³-hybridized carbons (Fsp3) is 0.300. The predicted octanol–water partition coefficient (Wildman–Crippen LogP) is 2.90. The normalized spacial score (nSPS) is 13.6. The first-order valence-corrected chi connectivity index (χ1v) is 5.36. The lowest BCUT2D eigenvalue weighted by molar-refractivity contribution is 0.226. The van der Waals surface area contributed by atoms with Crippen molar-refractivity contribution in [2.45, 2.75) is 19.4 Å². The molecule has 0 spiro atoms. The Bertz CT molecular complexity index is 396. The zero-order chi connectivity index (χ0) is 12.1. The highest BCUT2D eigenvalue weighted by molar-refractivity contribution is 6.42. The van der Waals surface area contributed by atoms with E-state index >= 15 is 0 Å². The summed E-state index contributed by atoms with van der Waals surface area (Å²) in [5, 5.41) is 12.2. The molecule has 1 aromatic rings. The van der Waals surface area contributed by atoms with Crippen LogP contribution >= 0.6 is 23.2 Å². The highest BCUT2D eigenvalue weighted by atomic mass is 35.5. The third-order valence-electron chi connectivity index (χ3n) is 1.85. The van der Waals surface area contributed by atoms with Crippen molar-refractivity contribution < 1.29 is 9.94 Å². The lowest BCUT2D eigenvalue weighted by Crippen LogP contribution is -2.22. The number of nitrogens with two attached hydrogens (primary N) is 1. The van der Waals surface area contributed by atoms with Gasteiger partial charge in [-0.2, -0.15) is 0 Å². The lowest BCUT2D eigenvalue weighted by Gasteiger charge is -2.14. The Hall–Kier alpha value is -1.13. The Morgan fingerprint density at radius 2 is 2.19 bits per heavy atom. The first kappa shape index (κ1) is 12.9. The van der Waals surface area contributed by atoms with Gasteiger partial charge in [0.25, 0.3) is 0 Å². The fourth-order valence-corrected chi connectivity index (χ4v) is 1.45. The highest BCUT2D eigenvalue weighted by Gasteiger charge is 2.08. The number of benzene rings is 1. The van der Waals surface area contributed by atoms with Gasteiger partial charge in [-0.05, 0) is 19.1 Å². The minimum absolute atomic E-state index is 0.118. The van der Waals surface area contributed by atoms with Gasteiger partial charge in [-0.15, -0.1) is 0 Å². The average molecular weight is 263 g/mol. The lowest BCUT2D eigenvalue weighted by atomic mass is 10.2. The molecule has 16 heavy (non-hydrogen) atoms. The number of amidine groups is 1. The maximum Gasteiger partial charge on any atom is 0.142 e. The van der Waals surface area contributed by atoms with Crippen molar-refractivity contribution in [3.8, 4) is 5.75 Å². The molecule has 4 nitrogen and oxygen atoms in total. The van der Waals surface area contributed by atoms with Crippen molar-refractivity contribution in [3.63, 3.8) is 0 Å². The Balaban J connectivity index is 2.63. The van der Waals surface area contributed by atoms with Crippen LogP contribution in [0.3, 0.4) is 0 Å².